The Labute approximate surface area is 167 Å². The van der Waals surface area contributed by atoms with Crippen LogP contribution in [0.2, 0.25) is 0 Å². The molecule has 0 saturated carbocycles. The van der Waals surface area contributed by atoms with Crippen molar-refractivity contribution >= 4 is 23.6 Å². The zero-order chi connectivity index (χ0) is 19.9. The summed E-state index contributed by atoms with van der Waals surface area (Å²) in [6, 6.07) is 16.5. The molecule has 0 aliphatic rings. The molecule has 1 heterocycles. The highest BCUT2D eigenvalue weighted by Gasteiger charge is 2.12. The molecule has 0 saturated heterocycles. The van der Waals surface area contributed by atoms with E-state index in [2.05, 4.69) is 10.5 Å². The van der Waals surface area contributed by atoms with Gasteiger partial charge in [-0.25, -0.2) is 0 Å². The minimum Gasteiger partial charge on any atom is -0.366 e. The molecule has 0 aliphatic carbocycles. The van der Waals surface area contributed by atoms with Gasteiger partial charge in [-0.3, -0.25) is 9.59 Å². The molecule has 0 atom stereocenters. The van der Waals surface area contributed by atoms with Crippen molar-refractivity contribution in [2.24, 2.45) is 5.73 Å². The van der Waals surface area contributed by atoms with Crippen molar-refractivity contribution in [2.75, 3.05) is 6.54 Å². The van der Waals surface area contributed by atoms with Crippen LogP contribution in [0.4, 0.5) is 0 Å². The van der Waals surface area contributed by atoms with Gasteiger partial charge in [0.25, 0.3) is 5.91 Å². The molecule has 0 aliphatic heterocycles. The van der Waals surface area contributed by atoms with Gasteiger partial charge in [-0.15, -0.1) is 11.8 Å². The number of benzene rings is 2. The van der Waals surface area contributed by atoms with Crippen LogP contribution in [0.1, 0.15) is 37.7 Å². The van der Waals surface area contributed by atoms with Gasteiger partial charge in [-0.05, 0) is 43.2 Å². The van der Waals surface area contributed by atoms with Crippen molar-refractivity contribution < 1.29 is 14.1 Å². The first-order valence-corrected chi connectivity index (χ1v) is 9.82. The van der Waals surface area contributed by atoms with Gasteiger partial charge in [0.05, 0.1) is 17.0 Å². The second-order valence-corrected chi connectivity index (χ2v) is 7.31. The normalized spacial score (nSPS) is 10.6. The number of aromatic nitrogens is 1. The number of nitrogens with one attached hydrogen (secondary N) is 1. The fourth-order valence-electron chi connectivity index (χ4n) is 2.71. The number of hydrogen-bond donors (Lipinski definition) is 2. The number of primary amides is 1. The average Bonchev–Trinajstić information content (AvgIpc) is 3.12. The van der Waals surface area contributed by atoms with E-state index >= 15 is 0 Å². The first kappa shape index (κ1) is 19.7. The second-order valence-electron chi connectivity index (χ2n) is 6.29. The van der Waals surface area contributed by atoms with Crippen LogP contribution in [0.15, 0.2) is 64.0 Å². The number of thioether (sulfide) groups is 1. The summed E-state index contributed by atoms with van der Waals surface area (Å²) in [5.41, 5.74) is 8.17. The zero-order valence-electron chi connectivity index (χ0n) is 15.5. The fraction of sp³-hybridized carbons (Fsp3) is 0.190. The fourth-order valence-corrected chi connectivity index (χ4v) is 3.63. The molecular weight excluding hydrogens is 374 g/mol. The second kappa shape index (κ2) is 9.23. The van der Waals surface area contributed by atoms with E-state index in [0.29, 0.717) is 29.8 Å². The number of nitrogens with two attached hydrogens (primary N) is 1. The number of amides is 2. The van der Waals surface area contributed by atoms with Crippen molar-refractivity contribution in [3.63, 3.8) is 0 Å². The highest BCUT2D eigenvalue weighted by atomic mass is 32.2. The van der Waals surface area contributed by atoms with Gasteiger partial charge in [0, 0.05) is 23.1 Å². The minimum atomic E-state index is -0.459. The molecule has 0 fully saturated rings. The lowest BCUT2D eigenvalue weighted by molar-refractivity contribution is 0.0949. The van der Waals surface area contributed by atoms with E-state index in [1.807, 2.05) is 37.3 Å². The molecule has 2 aromatic carbocycles. The third-order valence-electron chi connectivity index (χ3n) is 4.09. The van der Waals surface area contributed by atoms with Gasteiger partial charge in [0.2, 0.25) is 5.91 Å². The Morgan fingerprint density at radius 2 is 1.96 bits per heavy atom. The van der Waals surface area contributed by atoms with Crippen molar-refractivity contribution in [1.82, 2.24) is 10.5 Å². The quantitative estimate of drug-likeness (QED) is 0.570. The number of carbonyl (C=O) groups excluding carboxylic acids is 2. The summed E-state index contributed by atoms with van der Waals surface area (Å²) in [6.45, 7) is 2.33. The topological polar surface area (TPSA) is 98.2 Å². The third-order valence-corrected chi connectivity index (χ3v) is 5.18. The van der Waals surface area contributed by atoms with Crippen molar-refractivity contribution in [3.8, 4) is 0 Å². The molecule has 3 N–H and O–H groups in total. The van der Waals surface area contributed by atoms with Gasteiger partial charge in [0.15, 0.2) is 0 Å². The summed E-state index contributed by atoms with van der Waals surface area (Å²) in [7, 11) is 0. The summed E-state index contributed by atoms with van der Waals surface area (Å²) in [5.74, 6) is 0.777. The number of rotatable bonds is 8. The van der Waals surface area contributed by atoms with E-state index in [-0.39, 0.29) is 5.91 Å². The van der Waals surface area contributed by atoms with Crippen LogP contribution in [0.5, 0.6) is 0 Å². The van der Waals surface area contributed by atoms with Crippen molar-refractivity contribution in [3.05, 3.63) is 82.7 Å². The maximum absolute atomic E-state index is 12.6. The Hall–Kier alpha value is -3.06. The molecule has 6 nitrogen and oxygen atoms in total. The molecule has 144 valence electrons. The Kier molecular flexibility index (Phi) is 6.49. The number of aryl methyl sites for hydroxylation is 1. The Morgan fingerprint density at radius 1 is 1.14 bits per heavy atom. The predicted molar refractivity (Wildman–Crippen MR) is 108 cm³/mol. The molecule has 0 spiro atoms. The summed E-state index contributed by atoms with van der Waals surface area (Å²) >= 11 is 1.53. The van der Waals surface area contributed by atoms with Crippen molar-refractivity contribution in [2.45, 2.75) is 24.0 Å². The van der Waals surface area contributed by atoms with Crippen LogP contribution in [0.25, 0.3) is 0 Å². The summed E-state index contributed by atoms with van der Waals surface area (Å²) < 4.78 is 5.22. The Balaban J connectivity index is 1.58. The molecule has 28 heavy (non-hydrogen) atoms. The SMILES string of the molecule is Cc1cc(CSc2ccccc2C(=O)NCCc2cccc(C(N)=O)c2)on1. The number of hydrogen-bond acceptors (Lipinski definition) is 5. The van der Waals surface area contributed by atoms with Crippen LogP contribution >= 0.6 is 11.8 Å². The van der Waals surface area contributed by atoms with E-state index in [9.17, 15) is 9.59 Å². The maximum atomic E-state index is 12.6. The number of carbonyl (C=O) groups is 2. The molecule has 3 rings (SSSR count). The van der Waals surface area contributed by atoms with Gasteiger partial charge in [-0.1, -0.05) is 29.4 Å². The predicted octanol–water partition coefficient (Wildman–Crippen LogP) is 3.35. The van der Waals surface area contributed by atoms with E-state index in [4.69, 9.17) is 10.3 Å². The number of nitrogens with zero attached hydrogens (tertiary/aromatic N) is 1. The summed E-state index contributed by atoms with van der Waals surface area (Å²) in [5, 5.41) is 6.81. The van der Waals surface area contributed by atoms with Crippen LogP contribution < -0.4 is 11.1 Å². The summed E-state index contributed by atoms with van der Waals surface area (Å²) in [6.07, 6.45) is 0.611. The maximum Gasteiger partial charge on any atom is 0.252 e. The smallest absolute Gasteiger partial charge is 0.252 e. The monoisotopic (exact) mass is 395 g/mol. The zero-order valence-corrected chi connectivity index (χ0v) is 16.3. The Bertz CT molecular complexity index is 984. The lowest BCUT2D eigenvalue weighted by Crippen LogP contribution is -2.26. The van der Waals surface area contributed by atoms with E-state index in [0.717, 1.165) is 21.9 Å². The largest absolute Gasteiger partial charge is 0.366 e. The molecular formula is C21H21N3O3S. The van der Waals surface area contributed by atoms with Crippen LogP contribution in [0.3, 0.4) is 0 Å². The van der Waals surface area contributed by atoms with Gasteiger partial charge in [0.1, 0.15) is 5.76 Å². The minimum absolute atomic E-state index is 0.136. The van der Waals surface area contributed by atoms with Crippen molar-refractivity contribution in [1.29, 1.82) is 0 Å². The standard InChI is InChI=1S/C21H21N3O3S/c1-14-11-17(27-24-14)13-28-19-8-3-2-7-18(19)21(26)23-10-9-15-5-4-6-16(12-15)20(22)25/h2-8,11-12H,9-10,13H2,1H3,(H2,22,25)(H,23,26). The molecule has 3 aromatic rings. The lowest BCUT2D eigenvalue weighted by atomic mass is 10.1. The lowest BCUT2D eigenvalue weighted by Gasteiger charge is -2.10. The molecule has 7 heteroatoms. The molecule has 0 unspecified atom stereocenters. The summed E-state index contributed by atoms with van der Waals surface area (Å²) in [4.78, 5) is 24.8. The highest BCUT2D eigenvalue weighted by Crippen LogP contribution is 2.26. The first-order valence-electron chi connectivity index (χ1n) is 8.84. The van der Waals surface area contributed by atoms with Gasteiger partial charge < -0.3 is 15.6 Å². The highest BCUT2D eigenvalue weighted by molar-refractivity contribution is 7.98. The molecule has 0 bridgehead atoms. The van der Waals surface area contributed by atoms with Gasteiger partial charge in [-0.2, -0.15) is 0 Å². The Morgan fingerprint density at radius 3 is 2.71 bits per heavy atom. The van der Waals surface area contributed by atoms with E-state index in [1.54, 1.807) is 24.3 Å². The van der Waals surface area contributed by atoms with E-state index < -0.39 is 5.91 Å². The molecule has 2 amide bonds. The van der Waals surface area contributed by atoms with Crippen LogP contribution in [0, 0.1) is 6.92 Å². The molecule has 1 aromatic heterocycles. The molecule has 0 radical (unpaired) electrons. The van der Waals surface area contributed by atoms with Crippen LogP contribution in [-0.4, -0.2) is 23.5 Å². The first-order chi connectivity index (χ1) is 13.5. The third kappa shape index (κ3) is 5.23. The van der Waals surface area contributed by atoms with E-state index in [1.165, 1.54) is 11.8 Å². The van der Waals surface area contributed by atoms with Crippen LogP contribution in [-0.2, 0) is 12.2 Å². The average molecular weight is 395 g/mol. The van der Waals surface area contributed by atoms with Gasteiger partial charge >= 0.3 is 0 Å².